The minimum Gasteiger partial charge on any atom is -0.324 e. The van der Waals surface area contributed by atoms with Crippen molar-refractivity contribution in [1.29, 1.82) is 0 Å². The number of carbonyl (C=O) groups excluding carboxylic acids is 1. The second-order valence-corrected chi connectivity index (χ2v) is 6.06. The highest BCUT2D eigenvalue weighted by atomic mass is 35.5. The molecule has 0 atom stereocenters. The second-order valence-electron chi connectivity index (χ2n) is 4.65. The lowest BCUT2D eigenvalue weighted by Gasteiger charge is -2.23. The van der Waals surface area contributed by atoms with Gasteiger partial charge in [0, 0.05) is 29.5 Å². The molecule has 0 aliphatic carbocycles. The van der Waals surface area contributed by atoms with Crippen LogP contribution in [0.4, 0.5) is 5.69 Å². The van der Waals surface area contributed by atoms with Crippen LogP contribution < -0.4 is 5.32 Å². The van der Waals surface area contributed by atoms with Gasteiger partial charge in [0.25, 0.3) is 5.91 Å². The fourth-order valence-electron chi connectivity index (χ4n) is 2.20. The third kappa shape index (κ3) is 3.36. The lowest BCUT2D eigenvalue weighted by Crippen LogP contribution is -2.28. The van der Waals surface area contributed by atoms with E-state index in [9.17, 15) is 4.79 Å². The molecular formula is C14H15Cl2N3OS. The number of allylic oxidation sites excluding steroid dienone is 1. The lowest BCUT2D eigenvalue weighted by molar-refractivity contribution is -0.112. The number of amides is 1. The Hall–Kier alpha value is -1.17. The van der Waals surface area contributed by atoms with Gasteiger partial charge in [-0.1, -0.05) is 11.6 Å². The third-order valence-corrected chi connectivity index (χ3v) is 4.72. The van der Waals surface area contributed by atoms with E-state index in [1.807, 2.05) is 6.92 Å². The van der Waals surface area contributed by atoms with Crippen molar-refractivity contribution in [2.75, 3.05) is 18.4 Å². The molecule has 112 valence electrons. The van der Waals surface area contributed by atoms with Crippen molar-refractivity contribution in [3.63, 3.8) is 0 Å². The van der Waals surface area contributed by atoms with Crippen LogP contribution >= 0.6 is 35.8 Å². The van der Waals surface area contributed by atoms with E-state index >= 15 is 0 Å². The zero-order valence-corrected chi connectivity index (χ0v) is 13.8. The molecule has 2 heterocycles. The molecule has 4 nitrogen and oxygen atoms in total. The molecule has 0 spiro atoms. The average molecular weight is 344 g/mol. The van der Waals surface area contributed by atoms with Gasteiger partial charge in [-0.15, -0.1) is 12.4 Å². The van der Waals surface area contributed by atoms with Gasteiger partial charge in [-0.3, -0.25) is 9.79 Å². The molecule has 21 heavy (non-hydrogen) atoms. The second kappa shape index (κ2) is 6.73. The van der Waals surface area contributed by atoms with Gasteiger partial charge in [0.1, 0.15) is 0 Å². The first-order chi connectivity index (χ1) is 9.65. The van der Waals surface area contributed by atoms with E-state index in [1.54, 1.807) is 24.3 Å². The minimum atomic E-state index is -0.0908. The number of rotatable bonds is 2. The Balaban J connectivity index is 0.00000161. The first-order valence-corrected chi connectivity index (χ1v) is 7.62. The van der Waals surface area contributed by atoms with E-state index in [0.29, 0.717) is 5.02 Å². The molecule has 0 unspecified atom stereocenters. The van der Waals surface area contributed by atoms with Crippen molar-refractivity contribution in [2.24, 2.45) is 4.99 Å². The molecule has 2 aliphatic heterocycles. The van der Waals surface area contributed by atoms with E-state index in [4.69, 9.17) is 11.6 Å². The summed E-state index contributed by atoms with van der Waals surface area (Å²) in [7, 11) is 0. The number of hydrogen-bond acceptors (Lipinski definition) is 4. The normalized spacial score (nSPS) is 17.0. The molecule has 3 rings (SSSR count). The molecule has 0 saturated carbocycles. The van der Waals surface area contributed by atoms with Crippen molar-refractivity contribution in [2.45, 2.75) is 13.3 Å². The number of anilines is 1. The molecule has 0 aromatic heterocycles. The number of halogens is 2. The van der Waals surface area contributed by atoms with Crippen LogP contribution in [-0.4, -0.2) is 29.1 Å². The third-order valence-electron chi connectivity index (χ3n) is 3.25. The fraction of sp³-hybridized carbons (Fsp3) is 0.286. The summed E-state index contributed by atoms with van der Waals surface area (Å²) in [5, 5.41) is 4.49. The molecular weight excluding hydrogens is 329 g/mol. The average Bonchev–Trinajstić information content (AvgIpc) is 2.79. The van der Waals surface area contributed by atoms with E-state index in [1.165, 1.54) is 11.8 Å². The Morgan fingerprint density at radius 1 is 1.38 bits per heavy atom. The van der Waals surface area contributed by atoms with Crippen LogP contribution in [0.1, 0.15) is 13.3 Å². The monoisotopic (exact) mass is 343 g/mol. The van der Waals surface area contributed by atoms with Crippen molar-refractivity contribution in [3.05, 3.63) is 39.9 Å². The molecule has 1 N–H and O–H groups in total. The topological polar surface area (TPSA) is 44.7 Å². The summed E-state index contributed by atoms with van der Waals surface area (Å²) in [6.45, 7) is 3.76. The zero-order valence-electron chi connectivity index (χ0n) is 11.4. The van der Waals surface area contributed by atoms with Crippen LogP contribution in [-0.2, 0) is 4.79 Å². The summed E-state index contributed by atoms with van der Waals surface area (Å²) in [5.41, 5.74) is 1.73. The van der Waals surface area contributed by atoms with Gasteiger partial charge in [0.05, 0.1) is 4.91 Å². The molecule has 1 aromatic carbocycles. The highest BCUT2D eigenvalue weighted by Gasteiger charge is 2.31. The number of amidine groups is 1. The van der Waals surface area contributed by atoms with Crippen LogP contribution in [0.5, 0.6) is 0 Å². The molecule has 0 radical (unpaired) electrons. The van der Waals surface area contributed by atoms with Gasteiger partial charge in [-0.2, -0.15) is 0 Å². The highest BCUT2D eigenvalue weighted by molar-refractivity contribution is 8.18. The summed E-state index contributed by atoms with van der Waals surface area (Å²) in [6.07, 6.45) is 1.04. The first kappa shape index (κ1) is 16.2. The largest absolute Gasteiger partial charge is 0.324 e. The molecule has 0 fully saturated rings. The van der Waals surface area contributed by atoms with E-state index < -0.39 is 0 Å². The van der Waals surface area contributed by atoms with E-state index in [-0.39, 0.29) is 18.3 Å². The van der Waals surface area contributed by atoms with Gasteiger partial charge < -0.3 is 10.2 Å². The van der Waals surface area contributed by atoms with E-state index in [2.05, 4.69) is 15.2 Å². The van der Waals surface area contributed by atoms with Crippen LogP contribution in [0.2, 0.25) is 5.02 Å². The molecule has 1 amide bonds. The van der Waals surface area contributed by atoms with Gasteiger partial charge in [-0.05, 0) is 49.4 Å². The number of carbonyl (C=O) groups is 1. The lowest BCUT2D eigenvalue weighted by atomic mass is 10.3. The summed E-state index contributed by atoms with van der Waals surface area (Å²) >= 11 is 7.28. The van der Waals surface area contributed by atoms with Crippen molar-refractivity contribution >= 4 is 52.5 Å². The summed E-state index contributed by atoms with van der Waals surface area (Å²) in [6, 6.07) is 7.10. The fourth-order valence-corrected chi connectivity index (χ4v) is 3.41. The standard InChI is InChI=1S/C14H14ClN3OS.ClH/c1-9-12(20-14-16-7-2-8-18(9)14)13(19)17-11-5-3-10(15)4-6-11;/h3-6H,2,7-8H2,1H3,(H,17,19);1H. The quantitative estimate of drug-likeness (QED) is 0.889. The Kier molecular flexibility index (Phi) is 5.19. The molecule has 7 heteroatoms. The molecule has 1 aromatic rings. The predicted octanol–water partition coefficient (Wildman–Crippen LogP) is 3.74. The number of nitrogens with one attached hydrogen (secondary N) is 1. The number of aliphatic imine (C=N–C) groups is 1. The number of thioether (sulfide) groups is 1. The molecule has 2 aliphatic rings. The zero-order chi connectivity index (χ0) is 14.1. The molecule has 0 saturated heterocycles. The Labute approximate surface area is 139 Å². The Morgan fingerprint density at radius 3 is 2.76 bits per heavy atom. The number of nitrogens with zero attached hydrogens (tertiary/aromatic N) is 2. The van der Waals surface area contributed by atoms with E-state index in [0.717, 1.165) is 41.0 Å². The summed E-state index contributed by atoms with van der Waals surface area (Å²) in [4.78, 5) is 19.6. The Bertz CT molecular complexity index is 613. The van der Waals surface area contributed by atoms with Crippen LogP contribution in [0.15, 0.2) is 39.9 Å². The maximum absolute atomic E-state index is 12.3. The van der Waals surface area contributed by atoms with Crippen LogP contribution in [0.25, 0.3) is 0 Å². The van der Waals surface area contributed by atoms with Crippen molar-refractivity contribution < 1.29 is 4.79 Å². The van der Waals surface area contributed by atoms with Gasteiger partial charge in [0.15, 0.2) is 5.17 Å². The SMILES string of the molecule is CC1=C(C(=O)Nc2ccc(Cl)cc2)SC2=NCCCN21.Cl. The predicted molar refractivity (Wildman–Crippen MR) is 91.2 cm³/mol. The number of hydrogen-bond donors (Lipinski definition) is 1. The highest BCUT2D eigenvalue weighted by Crippen LogP contribution is 2.36. The summed E-state index contributed by atoms with van der Waals surface area (Å²) < 4.78 is 0. The van der Waals surface area contributed by atoms with Crippen LogP contribution in [0, 0.1) is 0 Å². The van der Waals surface area contributed by atoms with Crippen molar-refractivity contribution in [3.8, 4) is 0 Å². The number of fused-ring (bicyclic) bond motifs is 1. The maximum Gasteiger partial charge on any atom is 0.264 e. The number of benzene rings is 1. The van der Waals surface area contributed by atoms with Crippen molar-refractivity contribution in [1.82, 2.24) is 4.90 Å². The minimum absolute atomic E-state index is 0. The van der Waals surface area contributed by atoms with Gasteiger partial charge >= 0.3 is 0 Å². The van der Waals surface area contributed by atoms with Crippen LogP contribution in [0.3, 0.4) is 0 Å². The first-order valence-electron chi connectivity index (χ1n) is 6.43. The van der Waals surface area contributed by atoms with Gasteiger partial charge in [-0.25, -0.2) is 0 Å². The van der Waals surface area contributed by atoms with Gasteiger partial charge in [0.2, 0.25) is 0 Å². The smallest absolute Gasteiger partial charge is 0.264 e. The summed E-state index contributed by atoms with van der Waals surface area (Å²) in [5.74, 6) is -0.0908. The maximum atomic E-state index is 12.3. The Morgan fingerprint density at radius 2 is 2.10 bits per heavy atom. The molecule has 0 bridgehead atoms.